The Bertz CT molecular complexity index is 1420. The van der Waals surface area contributed by atoms with Crippen molar-refractivity contribution in [3.05, 3.63) is 63.9 Å². The lowest BCUT2D eigenvalue weighted by Crippen LogP contribution is -2.42. The van der Waals surface area contributed by atoms with Gasteiger partial charge in [-0.3, -0.25) is 14.3 Å². The number of aryl methyl sites for hydroxylation is 1. The molecule has 1 fully saturated rings. The summed E-state index contributed by atoms with van der Waals surface area (Å²) in [7, 11) is 1.74. The maximum Gasteiger partial charge on any atom is 0.260 e. The fourth-order valence-corrected chi connectivity index (χ4v) is 4.36. The lowest BCUT2D eigenvalue weighted by Gasteiger charge is -2.25. The molecule has 2 N–H and O–H groups in total. The van der Waals surface area contributed by atoms with Gasteiger partial charge in [0.1, 0.15) is 5.65 Å². The SMILES string of the molecule is CNc1ncc2cc(-c3ccc(-c4cncc(C)n4)cc3Cl)c(=O)n(C[C@@H]3CNCCO3)c2n1. The molecule has 0 bridgehead atoms. The number of halogens is 1. The molecule has 0 aliphatic carbocycles. The predicted molar refractivity (Wildman–Crippen MR) is 132 cm³/mol. The van der Waals surface area contributed by atoms with Crippen LogP contribution in [-0.2, 0) is 11.3 Å². The molecular formula is C24H24ClN7O2. The van der Waals surface area contributed by atoms with Crippen molar-refractivity contribution in [2.75, 3.05) is 32.1 Å². The number of rotatable bonds is 5. The molecule has 1 aromatic carbocycles. The van der Waals surface area contributed by atoms with E-state index < -0.39 is 0 Å². The van der Waals surface area contributed by atoms with E-state index in [1.54, 1.807) is 36.3 Å². The number of benzene rings is 1. The molecule has 0 unspecified atom stereocenters. The first-order valence-electron chi connectivity index (χ1n) is 11.0. The number of anilines is 1. The van der Waals surface area contributed by atoms with Crippen LogP contribution in [0.3, 0.4) is 0 Å². The number of pyridine rings is 1. The van der Waals surface area contributed by atoms with Crippen LogP contribution in [0.1, 0.15) is 5.69 Å². The normalized spacial score (nSPS) is 16.0. The van der Waals surface area contributed by atoms with Gasteiger partial charge in [-0.2, -0.15) is 4.98 Å². The maximum atomic E-state index is 13.7. The van der Waals surface area contributed by atoms with Crippen LogP contribution in [0, 0.1) is 6.92 Å². The molecule has 0 amide bonds. The van der Waals surface area contributed by atoms with E-state index in [0.717, 1.165) is 28.9 Å². The molecule has 1 saturated heterocycles. The zero-order valence-corrected chi connectivity index (χ0v) is 19.6. The Labute approximate surface area is 201 Å². The van der Waals surface area contributed by atoms with Crippen LogP contribution in [0.25, 0.3) is 33.4 Å². The summed E-state index contributed by atoms with van der Waals surface area (Å²) >= 11 is 6.70. The molecule has 0 saturated carbocycles. The number of aromatic nitrogens is 5. The summed E-state index contributed by atoms with van der Waals surface area (Å²) in [6.45, 7) is 4.31. The average molecular weight is 478 g/mol. The molecule has 5 rings (SSSR count). The number of fused-ring (bicyclic) bond motifs is 1. The van der Waals surface area contributed by atoms with Gasteiger partial charge in [0, 0.05) is 59.6 Å². The summed E-state index contributed by atoms with van der Waals surface area (Å²) in [6, 6.07) is 7.34. The van der Waals surface area contributed by atoms with Gasteiger partial charge in [0.05, 0.1) is 36.8 Å². The molecule has 4 heterocycles. The van der Waals surface area contributed by atoms with Crippen molar-refractivity contribution in [3.8, 4) is 22.4 Å². The van der Waals surface area contributed by atoms with Gasteiger partial charge in [0.25, 0.3) is 5.56 Å². The molecule has 1 aliphatic heterocycles. The molecule has 3 aromatic heterocycles. The maximum absolute atomic E-state index is 13.7. The second kappa shape index (κ2) is 9.46. The van der Waals surface area contributed by atoms with Crippen molar-refractivity contribution < 1.29 is 4.74 Å². The summed E-state index contributed by atoms with van der Waals surface area (Å²) in [5, 5.41) is 7.43. The van der Waals surface area contributed by atoms with E-state index in [1.165, 1.54) is 0 Å². The Morgan fingerprint density at radius 1 is 1.21 bits per heavy atom. The van der Waals surface area contributed by atoms with E-state index in [4.69, 9.17) is 16.3 Å². The Balaban J connectivity index is 1.63. The summed E-state index contributed by atoms with van der Waals surface area (Å²) in [5.41, 5.74) is 3.83. The Morgan fingerprint density at radius 2 is 2.09 bits per heavy atom. The van der Waals surface area contributed by atoms with Crippen molar-refractivity contribution in [1.29, 1.82) is 0 Å². The first kappa shape index (κ1) is 22.4. The summed E-state index contributed by atoms with van der Waals surface area (Å²) in [4.78, 5) is 31.3. The Kier molecular flexibility index (Phi) is 6.23. The van der Waals surface area contributed by atoms with E-state index >= 15 is 0 Å². The number of ether oxygens (including phenoxy) is 1. The van der Waals surface area contributed by atoms with Crippen LogP contribution in [0.4, 0.5) is 5.95 Å². The summed E-state index contributed by atoms with van der Waals surface area (Å²) in [6.07, 6.45) is 4.95. The van der Waals surface area contributed by atoms with Crippen LogP contribution in [0.5, 0.6) is 0 Å². The van der Waals surface area contributed by atoms with Crippen LogP contribution in [0.15, 0.2) is 47.7 Å². The fraction of sp³-hybridized carbons (Fsp3) is 0.292. The lowest BCUT2D eigenvalue weighted by atomic mass is 10.0. The smallest absolute Gasteiger partial charge is 0.260 e. The fourth-order valence-electron chi connectivity index (χ4n) is 4.08. The van der Waals surface area contributed by atoms with E-state index in [0.29, 0.717) is 47.4 Å². The van der Waals surface area contributed by atoms with E-state index in [2.05, 4.69) is 30.6 Å². The third-order valence-corrected chi connectivity index (χ3v) is 6.06. The third kappa shape index (κ3) is 4.37. The molecule has 174 valence electrons. The van der Waals surface area contributed by atoms with Crippen molar-refractivity contribution in [2.45, 2.75) is 19.6 Å². The number of morpholine rings is 1. The van der Waals surface area contributed by atoms with Gasteiger partial charge in [0.2, 0.25) is 5.95 Å². The van der Waals surface area contributed by atoms with Gasteiger partial charge in [-0.15, -0.1) is 0 Å². The first-order valence-corrected chi connectivity index (χ1v) is 11.4. The van der Waals surface area contributed by atoms with Gasteiger partial charge in [-0.1, -0.05) is 23.7 Å². The number of nitrogens with one attached hydrogen (secondary N) is 2. The van der Waals surface area contributed by atoms with Crippen molar-refractivity contribution >= 4 is 28.6 Å². The summed E-state index contributed by atoms with van der Waals surface area (Å²) < 4.78 is 7.52. The highest BCUT2D eigenvalue weighted by atomic mass is 35.5. The topological polar surface area (TPSA) is 107 Å². The van der Waals surface area contributed by atoms with Crippen LogP contribution in [0.2, 0.25) is 5.02 Å². The van der Waals surface area contributed by atoms with E-state index in [-0.39, 0.29) is 11.7 Å². The second-order valence-electron chi connectivity index (χ2n) is 8.13. The Morgan fingerprint density at radius 3 is 2.82 bits per heavy atom. The Hall–Kier alpha value is -3.40. The molecule has 0 spiro atoms. The van der Waals surface area contributed by atoms with Crippen LogP contribution in [-0.4, -0.2) is 57.4 Å². The van der Waals surface area contributed by atoms with Gasteiger partial charge < -0.3 is 15.4 Å². The number of nitrogens with zero attached hydrogens (tertiary/aromatic N) is 5. The molecule has 1 atom stereocenters. The molecular weight excluding hydrogens is 454 g/mol. The molecule has 34 heavy (non-hydrogen) atoms. The van der Waals surface area contributed by atoms with Gasteiger partial charge >= 0.3 is 0 Å². The molecule has 4 aromatic rings. The van der Waals surface area contributed by atoms with Crippen molar-refractivity contribution in [1.82, 2.24) is 29.8 Å². The third-order valence-electron chi connectivity index (χ3n) is 5.75. The molecule has 9 nitrogen and oxygen atoms in total. The van der Waals surface area contributed by atoms with E-state index in [1.807, 2.05) is 25.1 Å². The van der Waals surface area contributed by atoms with Crippen molar-refractivity contribution in [2.24, 2.45) is 0 Å². The van der Waals surface area contributed by atoms with Gasteiger partial charge in [0.15, 0.2) is 0 Å². The molecule has 0 radical (unpaired) electrons. The highest BCUT2D eigenvalue weighted by Gasteiger charge is 2.20. The quantitative estimate of drug-likeness (QED) is 0.452. The zero-order valence-electron chi connectivity index (χ0n) is 18.9. The highest BCUT2D eigenvalue weighted by molar-refractivity contribution is 6.33. The minimum absolute atomic E-state index is 0.143. The van der Waals surface area contributed by atoms with Gasteiger partial charge in [-0.25, -0.2) is 9.97 Å². The summed E-state index contributed by atoms with van der Waals surface area (Å²) in [5.74, 6) is 0.442. The average Bonchev–Trinajstić information content (AvgIpc) is 2.86. The minimum atomic E-state index is -0.188. The lowest BCUT2D eigenvalue weighted by molar-refractivity contribution is 0.0183. The molecule has 10 heteroatoms. The predicted octanol–water partition coefficient (Wildman–Crippen LogP) is 2.91. The minimum Gasteiger partial charge on any atom is -0.374 e. The van der Waals surface area contributed by atoms with E-state index in [9.17, 15) is 4.79 Å². The van der Waals surface area contributed by atoms with Gasteiger partial charge in [-0.05, 0) is 19.1 Å². The molecule has 1 aliphatic rings. The number of hydrogen-bond acceptors (Lipinski definition) is 8. The largest absolute Gasteiger partial charge is 0.374 e. The first-order chi connectivity index (χ1) is 16.5. The standard InChI is InChI=1S/C24H24ClN7O2/c1-14-9-28-12-21(30-14)15-3-4-18(20(25)8-15)19-7-16-10-29-24(26-2)31-22(16)32(23(19)33)13-17-11-27-5-6-34-17/h3-4,7-10,12,17,27H,5-6,11,13H2,1-2H3,(H,26,29,31)/t17-/m0/s1. The monoisotopic (exact) mass is 477 g/mol. The zero-order chi connectivity index (χ0) is 23.7. The highest BCUT2D eigenvalue weighted by Crippen LogP contribution is 2.31. The number of hydrogen-bond donors (Lipinski definition) is 2. The second-order valence-corrected chi connectivity index (χ2v) is 8.54. The van der Waals surface area contributed by atoms with Crippen LogP contribution >= 0.6 is 11.6 Å². The van der Waals surface area contributed by atoms with Crippen LogP contribution < -0.4 is 16.2 Å². The van der Waals surface area contributed by atoms with Crippen molar-refractivity contribution in [3.63, 3.8) is 0 Å².